The minimum Gasteiger partial charge on any atom is -0.297 e. The molecule has 24 heavy (non-hydrogen) atoms. The van der Waals surface area contributed by atoms with E-state index in [1.165, 1.54) is 42.2 Å². The summed E-state index contributed by atoms with van der Waals surface area (Å²) in [4.78, 5) is 14.4. The summed E-state index contributed by atoms with van der Waals surface area (Å²) in [6, 6.07) is 8.02. The number of amides is 1. The zero-order valence-corrected chi connectivity index (χ0v) is 14.7. The number of carbonyl (C=O) groups excluding carboxylic acids is 1. The molecule has 126 valence electrons. The second-order valence-electron chi connectivity index (χ2n) is 6.07. The Morgan fingerprint density at radius 3 is 2.71 bits per heavy atom. The van der Waals surface area contributed by atoms with Gasteiger partial charge in [0.2, 0.25) is 11.0 Å². The molecule has 1 aliphatic rings. The molecule has 1 aromatic carbocycles. The van der Waals surface area contributed by atoms with Crippen molar-refractivity contribution in [2.45, 2.75) is 32.7 Å². The Labute approximate surface area is 146 Å². The van der Waals surface area contributed by atoms with Crippen molar-refractivity contribution in [3.8, 4) is 0 Å². The Hall–Kier alpha value is -2.05. The highest BCUT2D eigenvalue weighted by Gasteiger charge is 2.13. The zero-order valence-electron chi connectivity index (χ0n) is 13.9. The molecular formula is C18H22N4OS. The van der Waals surface area contributed by atoms with E-state index in [0.29, 0.717) is 5.13 Å². The Bertz CT molecular complexity index is 702. The fourth-order valence-corrected chi connectivity index (χ4v) is 3.46. The molecule has 1 amide bonds. The summed E-state index contributed by atoms with van der Waals surface area (Å²) in [7, 11) is 0. The smallest absolute Gasteiger partial charge is 0.250 e. The molecule has 5 nitrogen and oxygen atoms in total. The van der Waals surface area contributed by atoms with Crippen molar-refractivity contribution in [3.05, 3.63) is 46.5 Å². The maximum absolute atomic E-state index is 12.0. The number of aromatic nitrogens is 2. The Morgan fingerprint density at radius 2 is 1.96 bits per heavy atom. The highest BCUT2D eigenvalue weighted by atomic mass is 32.1. The normalized spacial score (nSPS) is 15.7. The van der Waals surface area contributed by atoms with Crippen LogP contribution >= 0.6 is 11.3 Å². The van der Waals surface area contributed by atoms with Gasteiger partial charge in [-0.15, -0.1) is 10.2 Å². The minimum atomic E-state index is -0.184. The van der Waals surface area contributed by atoms with Crippen LogP contribution in [-0.2, 0) is 11.3 Å². The molecule has 0 atom stereocenters. The van der Waals surface area contributed by atoms with Crippen LogP contribution in [-0.4, -0.2) is 34.1 Å². The number of hydrogen-bond donors (Lipinski definition) is 1. The molecule has 0 unspecified atom stereocenters. The van der Waals surface area contributed by atoms with Crippen molar-refractivity contribution >= 4 is 28.5 Å². The third kappa shape index (κ3) is 4.97. The van der Waals surface area contributed by atoms with Crippen molar-refractivity contribution in [1.82, 2.24) is 15.1 Å². The first-order chi connectivity index (χ1) is 11.7. The van der Waals surface area contributed by atoms with E-state index in [-0.39, 0.29) is 5.91 Å². The fraction of sp³-hybridized carbons (Fsp3) is 0.389. The summed E-state index contributed by atoms with van der Waals surface area (Å²) < 4.78 is 0. The van der Waals surface area contributed by atoms with Crippen LogP contribution in [0.5, 0.6) is 0 Å². The number of aryl methyl sites for hydroxylation is 1. The number of carbonyl (C=O) groups is 1. The van der Waals surface area contributed by atoms with Gasteiger partial charge < -0.3 is 0 Å². The average Bonchev–Trinajstić information content (AvgIpc) is 3.02. The summed E-state index contributed by atoms with van der Waals surface area (Å²) in [5.41, 5.74) is 2.20. The summed E-state index contributed by atoms with van der Waals surface area (Å²) >= 11 is 1.45. The second kappa shape index (κ2) is 8.17. The second-order valence-corrected chi connectivity index (χ2v) is 7.13. The summed E-state index contributed by atoms with van der Waals surface area (Å²) in [6.45, 7) is 5.12. The third-order valence-corrected chi connectivity index (χ3v) is 4.83. The molecule has 0 saturated carbocycles. The SMILES string of the molecule is Cc1ccc(/C=C/C(=O)Nc2nnc(CN3CCCCC3)s2)cc1. The van der Waals surface area contributed by atoms with Gasteiger partial charge in [-0.05, 0) is 44.5 Å². The van der Waals surface area contributed by atoms with Crippen LogP contribution in [0.4, 0.5) is 5.13 Å². The van der Waals surface area contributed by atoms with E-state index in [4.69, 9.17) is 0 Å². The van der Waals surface area contributed by atoms with Gasteiger partial charge in [0.25, 0.3) is 0 Å². The Morgan fingerprint density at radius 1 is 1.21 bits per heavy atom. The first-order valence-electron chi connectivity index (χ1n) is 8.29. The van der Waals surface area contributed by atoms with Gasteiger partial charge in [-0.2, -0.15) is 0 Å². The minimum absolute atomic E-state index is 0.184. The number of nitrogens with zero attached hydrogens (tertiary/aromatic N) is 3. The van der Waals surface area contributed by atoms with Crippen molar-refractivity contribution in [1.29, 1.82) is 0 Å². The van der Waals surface area contributed by atoms with Gasteiger partial charge in [0.15, 0.2) is 0 Å². The molecule has 2 aromatic rings. The molecule has 1 saturated heterocycles. The molecule has 0 aliphatic carbocycles. The van der Waals surface area contributed by atoms with Crippen LogP contribution in [0.1, 0.15) is 35.4 Å². The number of rotatable bonds is 5. The molecule has 1 aromatic heterocycles. The molecule has 1 fully saturated rings. The van der Waals surface area contributed by atoms with Gasteiger partial charge in [0.1, 0.15) is 5.01 Å². The number of piperidine rings is 1. The lowest BCUT2D eigenvalue weighted by molar-refractivity contribution is -0.111. The number of anilines is 1. The van der Waals surface area contributed by atoms with E-state index in [1.54, 1.807) is 6.08 Å². The van der Waals surface area contributed by atoms with E-state index in [0.717, 1.165) is 30.2 Å². The van der Waals surface area contributed by atoms with Crippen LogP contribution in [0.3, 0.4) is 0 Å². The van der Waals surface area contributed by atoms with E-state index >= 15 is 0 Å². The number of hydrogen-bond acceptors (Lipinski definition) is 5. The standard InChI is InChI=1S/C18H22N4OS/c1-14-5-7-15(8-6-14)9-10-16(23)19-18-21-20-17(24-18)13-22-11-3-2-4-12-22/h5-10H,2-4,11-13H2,1H3,(H,19,21,23)/b10-9+. The monoisotopic (exact) mass is 342 g/mol. The average molecular weight is 342 g/mol. The van der Waals surface area contributed by atoms with Crippen LogP contribution in [0.2, 0.25) is 0 Å². The summed E-state index contributed by atoms with van der Waals surface area (Å²) in [5.74, 6) is -0.184. The van der Waals surface area contributed by atoms with Crippen molar-refractivity contribution in [2.24, 2.45) is 0 Å². The van der Waals surface area contributed by atoms with Gasteiger partial charge in [-0.25, -0.2) is 0 Å². The van der Waals surface area contributed by atoms with Crippen LogP contribution < -0.4 is 5.32 Å². The first kappa shape index (κ1) is 16.8. The topological polar surface area (TPSA) is 58.1 Å². The quantitative estimate of drug-likeness (QED) is 0.845. The molecule has 0 radical (unpaired) electrons. The summed E-state index contributed by atoms with van der Waals surface area (Å²) in [6.07, 6.45) is 7.15. The number of nitrogens with one attached hydrogen (secondary N) is 1. The molecule has 1 aliphatic heterocycles. The fourth-order valence-electron chi connectivity index (χ4n) is 2.67. The highest BCUT2D eigenvalue weighted by molar-refractivity contribution is 7.15. The maximum Gasteiger partial charge on any atom is 0.250 e. The van der Waals surface area contributed by atoms with Gasteiger partial charge in [0.05, 0.1) is 6.54 Å². The molecule has 0 bridgehead atoms. The lowest BCUT2D eigenvalue weighted by Crippen LogP contribution is -2.28. The molecule has 1 N–H and O–H groups in total. The largest absolute Gasteiger partial charge is 0.297 e. The van der Waals surface area contributed by atoms with Gasteiger partial charge in [-0.3, -0.25) is 15.0 Å². The van der Waals surface area contributed by atoms with E-state index in [2.05, 4.69) is 20.4 Å². The molecule has 2 heterocycles. The third-order valence-electron chi connectivity index (χ3n) is 4.01. The van der Waals surface area contributed by atoms with Crippen LogP contribution in [0, 0.1) is 6.92 Å². The molecule has 3 rings (SSSR count). The zero-order chi connectivity index (χ0) is 16.8. The number of benzene rings is 1. The first-order valence-corrected chi connectivity index (χ1v) is 9.11. The lowest BCUT2D eigenvalue weighted by Gasteiger charge is -2.24. The molecule has 6 heteroatoms. The molecule has 0 spiro atoms. The molecular weight excluding hydrogens is 320 g/mol. The highest BCUT2D eigenvalue weighted by Crippen LogP contribution is 2.19. The van der Waals surface area contributed by atoms with Gasteiger partial charge in [0, 0.05) is 6.08 Å². The Balaban J connectivity index is 1.52. The van der Waals surface area contributed by atoms with Gasteiger partial charge in [-0.1, -0.05) is 47.6 Å². The summed E-state index contributed by atoms with van der Waals surface area (Å²) in [5, 5.41) is 12.5. The van der Waals surface area contributed by atoms with Crippen molar-refractivity contribution < 1.29 is 4.79 Å². The predicted molar refractivity (Wildman–Crippen MR) is 97.9 cm³/mol. The van der Waals surface area contributed by atoms with E-state index < -0.39 is 0 Å². The lowest BCUT2D eigenvalue weighted by atomic mass is 10.1. The predicted octanol–water partition coefficient (Wildman–Crippen LogP) is 3.48. The van der Waals surface area contributed by atoms with Crippen LogP contribution in [0.25, 0.3) is 6.08 Å². The van der Waals surface area contributed by atoms with E-state index in [1.807, 2.05) is 31.2 Å². The van der Waals surface area contributed by atoms with Gasteiger partial charge >= 0.3 is 0 Å². The van der Waals surface area contributed by atoms with Crippen molar-refractivity contribution in [2.75, 3.05) is 18.4 Å². The Kier molecular flexibility index (Phi) is 5.72. The van der Waals surface area contributed by atoms with Crippen molar-refractivity contribution in [3.63, 3.8) is 0 Å². The van der Waals surface area contributed by atoms with E-state index in [9.17, 15) is 4.79 Å². The maximum atomic E-state index is 12.0. The van der Waals surface area contributed by atoms with Crippen LogP contribution in [0.15, 0.2) is 30.3 Å². The number of likely N-dealkylation sites (tertiary alicyclic amines) is 1.